The summed E-state index contributed by atoms with van der Waals surface area (Å²) in [5, 5.41) is 14.0. The van der Waals surface area contributed by atoms with Crippen molar-refractivity contribution in [1.82, 2.24) is 0 Å². The van der Waals surface area contributed by atoms with Crippen LogP contribution in [-0.4, -0.2) is 32.2 Å². The number of benzene rings is 2. The van der Waals surface area contributed by atoms with Gasteiger partial charge in [-0.2, -0.15) is 5.26 Å². The minimum Gasteiger partial charge on any atom is -0.497 e. The zero-order chi connectivity index (χ0) is 22.2. The first-order chi connectivity index (χ1) is 15.1. The smallest absolute Gasteiger partial charge is 0.341 e. The summed E-state index contributed by atoms with van der Waals surface area (Å²) in [6.45, 7) is 1.62. The van der Waals surface area contributed by atoms with Crippen LogP contribution >= 0.6 is 11.3 Å². The van der Waals surface area contributed by atoms with Crippen LogP contribution in [0.2, 0.25) is 0 Å². The highest BCUT2D eigenvalue weighted by atomic mass is 32.1. The number of hydrogen-bond acceptors (Lipinski definition) is 7. The number of carbonyl (C=O) groups is 2. The minimum atomic E-state index is -0.527. The standard InChI is InChI=1S/C23H20N2O5S/c1-3-29-23(27)21-18(15-8-10-17(28-2)11-9-15)14-31-22(21)25-20(26)13-30-19-7-5-4-6-16(19)12-24/h4-11,14H,3,13H2,1-2H3,(H,25,26). The maximum Gasteiger partial charge on any atom is 0.341 e. The molecule has 0 aliphatic heterocycles. The number of nitriles is 1. The van der Waals surface area contributed by atoms with E-state index >= 15 is 0 Å². The van der Waals surface area contributed by atoms with Crippen LogP contribution < -0.4 is 14.8 Å². The van der Waals surface area contributed by atoms with Gasteiger partial charge in [0, 0.05) is 10.9 Å². The summed E-state index contributed by atoms with van der Waals surface area (Å²) in [7, 11) is 1.58. The van der Waals surface area contributed by atoms with Gasteiger partial charge < -0.3 is 19.5 Å². The third-order valence-electron chi connectivity index (χ3n) is 4.29. The van der Waals surface area contributed by atoms with Crippen molar-refractivity contribution < 1.29 is 23.8 Å². The average Bonchev–Trinajstić information content (AvgIpc) is 3.21. The third kappa shape index (κ3) is 5.21. The minimum absolute atomic E-state index is 0.207. The molecule has 158 valence electrons. The lowest BCUT2D eigenvalue weighted by atomic mass is 10.0. The summed E-state index contributed by atoms with van der Waals surface area (Å²) in [5.74, 6) is 0.0258. The number of thiophene rings is 1. The molecule has 0 saturated heterocycles. The lowest BCUT2D eigenvalue weighted by molar-refractivity contribution is -0.118. The van der Waals surface area contributed by atoms with E-state index in [1.165, 1.54) is 11.3 Å². The predicted molar refractivity (Wildman–Crippen MR) is 118 cm³/mol. The molecular weight excluding hydrogens is 416 g/mol. The highest BCUT2D eigenvalue weighted by Gasteiger charge is 2.23. The second-order valence-corrected chi connectivity index (χ2v) is 7.13. The maximum atomic E-state index is 12.6. The SMILES string of the molecule is CCOC(=O)c1c(-c2ccc(OC)cc2)csc1NC(=O)COc1ccccc1C#N. The van der Waals surface area contributed by atoms with Gasteiger partial charge in [0.05, 0.1) is 19.3 Å². The monoisotopic (exact) mass is 436 g/mol. The molecule has 7 nitrogen and oxygen atoms in total. The van der Waals surface area contributed by atoms with E-state index in [0.29, 0.717) is 27.6 Å². The fourth-order valence-corrected chi connectivity index (χ4v) is 3.80. The van der Waals surface area contributed by atoms with Gasteiger partial charge in [-0.1, -0.05) is 24.3 Å². The number of esters is 1. The average molecular weight is 436 g/mol. The Morgan fingerprint density at radius 3 is 2.55 bits per heavy atom. The molecule has 1 N–H and O–H groups in total. The van der Waals surface area contributed by atoms with E-state index in [0.717, 1.165) is 5.56 Å². The number of hydrogen-bond donors (Lipinski definition) is 1. The van der Waals surface area contributed by atoms with Crippen molar-refractivity contribution in [2.45, 2.75) is 6.92 Å². The molecule has 0 atom stereocenters. The van der Waals surface area contributed by atoms with Crippen LogP contribution in [0.1, 0.15) is 22.8 Å². The number of nitrogens with zero attached hydrogens (tertiary/aromatic N) is 1. The van der Waals surface area contributed by atoms with Crippen molar-refractivity contribution in [1.29, 1.82) is 5.26 Å². The van der Waals surface area contributed by atoms with E-state index < -0.39 is 11.9 Å². The van der Waals surface area contributed by atoms with Crippen LogP contribution in [-0.2, 0) is 9.53 Å². The topological polar surface area (TPSA) is 97.7 Å². The van der Waals surface area contributed by atoms with Gasteiger partial charge in [-0.25, -0.2) is 4.79 Å². The second kappa shape index (κ2) is 10.3. The first-order valence-corrected chi connectivity index (χ1v) is 10.3. The Balaban J connectivity index is 1.81. The lowest BCUT2D eigenvalue weighted by Crippen LogP contribution is -2.21. The van der Waals surface area contributed by atoms with Crippen LogP contribution in [0.15, 0.2) is 53.9 Å². The molecule has 1 heterocycles. The first kappa shape index (κ1) is 21.9. The Morgan fingerprint density at radius 2 is 1.87 bits per heavy atom. The summed E-state index contributed by atoms with van der Waals surface area (Å²) in [6, 6.07) is 15.9. The second-order valence-electron chi connectivity index (χ2n) is 6.25. The summed E-state index contributed by atoms with van der Waals surface area (Å²) >= 11 is 1.22. The Hall–Kier alpha value is -3.83. The van der Waals surface area contributed by atoms with E-state index in [1.54, 1.807) is 55.8 Å². The number of amides is 1. The maximum absolute atomic E-state index is 12.6. The van der Waals surface area contributed by atoms with E-state index in [1.807, 2.05) is 18.2 Å². The Morgan fingerprint density at radius 1 is 1.13 bits per heavy atom. The Labute approximate surface area is 183 Å². The number of nitrogens with one attached hydrogen (secondary N) is 1. The predicted octanol–water partition coefficient (Wildman–Crippen LogP) is 4.49. The van der Waals surface area contributed by atoms with Gasteiger partial charge in [-0.15, -0.1) is 11.3 Å². The molecule has 0 unspecified atom stereocenters. The molecule has 1 amide bonds. The zero-order valence-corrected chi connectivity index (χ0v) is 17.8. The fraction of sp³-hybridized carbons (Fsp3) is 0.174. The van der Waals surface area contributed by atoms with E-state index in [9.17, 15) is 9.59 Å². The highest BCUT2D eigenvalue weighted by Crippen LogP contribution is 2.36. The molecular formula is C23H20N2O5S. The van der Waals surface area contributed by atoms with Gasteiger partial charge in [0.1, 0.15) is 28.1 Å². The van der Waals surface area contributed by atoms with Crippen LogP contribution in [0.3, 0.4) is 0 Å². The van der Waals surface area contributed by atoms with E-state index in [4.69, 9.17) is 19.5 Å². The summed E-state index contributed by atoms with van der Waals surface area (Å²) in [4.78, 5) is 25.1. The number of para-hydroxylation sites is 1. The zero-order valence-electron chi connectivity index (χ0n) is 17.0. The fourth-order valence-electron chi connectivity index (χ4n) is 2.83. The van der Waals surface area contributed by atoms with Crippen molar-refractivity contribution in [3.8, 4) is 28.7 Å². The highest BCUT2D eigenvalue weighted by molar-refractivity contribution is 7.15. The van der Waals surface area contributed by atoms with Crippen molar-refractivity contribution in [3.63, 3.8) is 0 Å². The van der Waals surface area contributed by atoms with E-state index in [2.05, 4.69) is 5.32 Å². The van der Waals surface area contributed by atoms with Gasteiger partial charge in [0.25, 0.3) is 5.91 Å². The van der Waals surface area contributed by atoms with E-state index in [-0.39, 0.29) is 18.8 Å². The molecule has 3 rings (SSSR count). The summed E-state index contributed by atoms with van der Waals surface area (Å²) < 4.78 is 15.8. The van der Waals surface area contributed by atoms with Crippen LogP contribution in [0, 0.1) is 11.3 Å². The summed E-state index contributed by atoms with van der Waals surface area (Å²) in [5.41, 5.74) is 2.06. The Bertz CT molecular complexity index is 1120. The largest absolute Gasteiger partial charge is 0.497 e. The molecule has 0 spiro atoms. The molecule has 1 aromatic heterocycles. The Kier molecular flexibility index (Phi) is 7.25. The van der Waals surface area contributed by atoms with Gasteiger partial charge >= 0.3 is 5.97 Å². The van der Waals surface area contributed by atoms with Crippen LogP contribution in [0.25, 0.3) is 11.1 Å². The molecule has 0 aliphatic carbocycles. The third-order valence-corrected chi connectivity index (χ3v) is 5.19. The van der Waals surface area contributed by atoms with Gasteiger partial charge in [-0.05, 0) is 36.8 Å². The first-order valence-electron chi connectivity index (χ1n) is 9.42. The van der Waals surface area contributed by atoms with Gasteiger partial charge in [-0.3, -0.25) is 4.79 Å². The molecule has 0 saturated carbocycles. The number of ether oxygens (including phenoxy) is 3. The molecule has 0 bridgehead atoms. The number of rotatable bonds is 8. The summed E-state index contributed by atoms with van der Waals surface area (Å²) in [6.07, 6.45) is 0. The van der Waals surface area contributed by atoms with Crippen LogP contribution in [0.5, 0.6) is 11.5 Å². The van der Waals surface area contributed by atoms with Gasteiger partial charge in [0.2, 0.25) is 0 Å². The molecule has 2 aromatic carbocycles. The van der Waals surface area contributed by atoms with Crippen molar-refractivity contribution in [2.24, 2.45) is 0 Å². The number of anilines is 1. The quantitative estimate of drug-likeness (QED) is 0.523. The molecule has 0 aliphatic rings. The molecule has 0 fully saturated rings. The molecule has 31 heavy (non-hydrogen) atoms. The van der Waals surface area contributed by atoms with Gasteiger partial charge in [0.15, 0.2) is 6.61 Å². The normalized spacial score (nSPS) is 10.1. The van der Waals surface area contributed by atoms with Crippen molar-refractivity contribution in [3.05, 3.63) is 65.0 Å². The number of methoxy groups -OCH3 is 1. The van der Waals surface area contributed by atoms with Crippen LogP contribution in [0.4, 0.5) is 5.00 Å². The molecule has 3 aromatic rings. The number of carbonyl (C=O) groups excluding carboxylic acids is 2. The van der Waals surface area contributed by atoms with Crippen molar-refractivity contribution >= 4 is 28.2 Å². The molecule has 0 radical (unpaired) electrons. The molecule has 8 heteroatoms. The van der Waals surface area contributed by atoms with Crippen molar-refractivity contribution in [2.75, 3.05) is 25.6 Å². The lowest BCUT2D eigenvalue weighted by Gasteiger charge is -2.10.